The van der Waals surface area contributed by atoms with Crippen LogP contribution in [0.25, 0.3) is 0 Å². The van der Waals surface area contributed by atoms with E-state index in [1.807, 2.05) is 37.4 Å². The van der Waals surface area contributed by atoms with E-state index in [4.69, 9.17) is 23.2 Å². The monoisotopic (exact) mass is 348 g/mol. The lowest BCUT2D eigenvalue weighted by Gasteiger charge is -2.17. The van der Waals surface area contributed by atoms with Crippen LogP contribution in [-0.2, 0) is 0 Å². The molecule has 122 valence electrons. The van der Waals surface area contributed by atoms with Crippen molar-refractivity contribution in [3.63, 3.8) is 0 Å². The number of para-hydroxylation sites is 1. The molecule has 0 spiro atoms. The fraction of sp³-hybridized carbons (Fsp3) is 0.316. The summed E-state index contributed by atoms with van der Waals surface area (Å²) in [6, 6.07) is 11.8. The highest BCUT2D eigenvalue weighted by atomic mass is 35.5. The summed E-state index contributed by atoms with van der Waals surface area (Å²) in [5, 5.41) is 4.94. The number of nitrogens with zero attached hydrogens (tertiary/aromatic N) is 1. The van der Waals surface area contributed by atoms with Crippen LogP contribution in [-0.4, -0.2) is 12.8 Å². The number of rotatable bonds is 6. The summed E-state index contributed by atoms with van der Waals surface area (Å²) in [4.78, 5) is 4.46. The maximum atomic E-state index is 6.28. The summed E-state index contributed by atoms with van der Waals surface area (Å²) in [7, 11) is 0. The van der Waals surface area contributed by atoms with E-state index in [1.165, 1.54) is 0 Å². The van der Waals surface area contributed by atoms with Crippen molar-refractivity contribution >= 4 is 40.8 Å². The Hall–Kier alpha value is -1.51. The molecule has 0 aliphatic heterocycles. The van der Waals surface area contributed by atoms with Crippen LogP contribution < -0.4 is 5.32 Å². The predicted octanol–water partition coefficient (Wildman–Crippen LogP) is 6.63. The second-order valence-electron chi connectivity index (χ2n) is 5.61. The predicted molar refractivity (Wildman–Crippen MR) is 103 cm³/mol. The molecule has 0 saturated carbocycles. The van der Waals surface area contributed by atoms with Gasteiger partial charge in [-0.1, -0.05) is 48.3 Å². The van der Waals surface area contributed by atoms with Crippen molar-refractivity contribution in [1.82, 2.24) is 0 Å². The molecule has 0 saturated heterocycles. The Labute approximate surface area is 148 Å². The molecule has 0 fully saturated rings. The quantitative estimate of drug-likeness (QED) is 0.582. The molecule has 0 radical (unpaired) electrons. The van der Waals surface area contributed by atoms with Gasteiger partial charge in [-0.15, -0.1) is 0 Å². The first-order valence-corrected chi connectivity index (χ1v) is 8.56. The first-order chi connectivity index (χ1) is 11.0. The van der Waals surface area contributed by atoms with Gasteiger partial charge < -0.3 is 5.32 Å². The second-order valence-corrected chi connectivity index (χ2v) is 6.42. The number of anilines is 1. The van der Waals surface area contributed by atoms with Gasteiger partial charge in [0.15, 0.2) is 0 Å². The van der Waals surface area contributed by atoms with Crippen LogP contribution in [0.1, 0.15) is 37.3 Å². The zero-order valence-electron chi connectivity index (χ0n) is 13.7. The van der Waals surface area contributed by atoms with Gasteiger partial charge >= 0.3 is 0 Å². The number of hydrogen-bond acceptors (Lipinski definition) is 2. The number of halogens is 2. The summed E-state index contributed by atoms with van der Waals surface area (Å²) in [6.45, 7) is 6.98. The molecule has 0 bridgehead atoms. The summed E-state index contributed by atoms with van der Waals surface area (Å²) in [5.74, 6) is 0.284. The zero-order valence-corrected chi connectivity index (χ0v) is 15.2. The average Bonchev–Trinajstić information content (AvgIpc) is 2.50. The molecular formula is C19H22Cl2N2. The van der Waals surface area contributed by atoms with Gasteiger partial charge in [0.25, 0.3) is 0 Å². The molecule has 1 unspecified atom stereocenters. The Morgan fingerprint density at radius 3 is 2.43 bits per heavy atom. The van der Waals surface area contributed by atoms with Crippen LogP contribution in [0.3, 0.4) is 0 Å². The van der Waals surface area contributed by atoms with Crippen molar-refractivity contribution in [2.75, 3.05) is 11.9 Å². The van der Waals surface area contributed by atoms with Crippen molar-refractivity contribution in [1.29, 1.82) is 0 Å². The standard InChI is InChI=1S/C19H22Cl2N2/c1-4-22-19-14(3)7-5-10-17(19)23-12-11-13(2)18-15(20)8-6-9-16(18)21/h4-10,13,23H,11-12H2,1-3H3. The third-order valence-electron chi connectivity index (χ3n) is 3.88. The lowest BCUT2D eigenvalue weighted by Crippen LogP contribution is -2.07. The lowest BCUT2D eigenvalue weighted by molar-refractivity contribution is 0.706. The van der Waals surface area contributed by atoms with Crippen molar-refractivity contribution < 1.29 is 0 Å². The summed E-state index contributed by atoms with van der Waals surface area (Å²) in [6.07, 6.45) is 2.76. The fourth-order valence-electron chi connectivity index (χ4n) is 2.65. The number of aliphatic imine (C=N–C) groups is 1. The molecule has 2 nitrogen and oxygen atoms in total. The molecule has 2 aromatic carbocycles. The first-order valence-electron chi connectivity index (χ1n) is 7.80. The maximum Gasteiger partial charge on any atom is 0.0885 e. The van der Waals surface area contributed by atoms with Crippen LogP contribution in [0.2, 0.25) is 10.0 Å². The van der Waals surface area contributed by atoms with E-state index in [1.54, 1.807) is 0 Å². The molecule has 0 amide bonds. The highest BCUT2D eigenvalue weighted by molar-refractivity contribution is 6.36. The highest BCUT2D eigenvalue weighted by Gasteiger charge is 2.13. The molecule has 0 aliphatic rings. The minimum Gasteiger partial charge on any atom is -0.383 e. The summed E-state index contributed by atoms with van der Waals surface area (Å²) in [5.41, 5.74) is 4.24. The van der Waals surface area contributed by atoms with E-state index < -0.39 is 0 Å². The molecular weight excluding hydrogens is 327 g/mol. The third-order valence-corrected chi connectivity index (χ3v) is 4.54. The van der Waals surface area contributed by atoms with Crippen LogP contribution in [0.15, 0.2) is 41.4 Å². The van der Waals surface area contributed by atoms with E-state index >= 15 is 0 Å². The van der Waals surface area contributed by atoms with E-state index in [2.05, 4.69) is 36.3 Å². The van der Waals surface area contributed by atoms with Gasteiger partial charge in [-0.05, 0) is 55.5 Å². The Kier molecular flexibility index (Phi) is 6.49. The van der Waals surface area contributed by atoms with Gasteiger partial charge in [0.05, 0.1) is 11.4 Å². The summed E-state index contributed by atoms with van der Waals surface area (Å²) >= 11 is 12.6. The fourth-order valence-corrected chi connectivity index (χ4v) is 3.42. The summed E-state index contributed by atoms with van der Waals surface area (Å²) < 4.78 is 0. The Balaban J connectivity index is 2.04. The van der Waals surface area contributed by atoms with Crippen molar-refractivity contribution in [3.8, 4) is 0 Å². The van der Waals surface area contributed by atoms with Crippen LogP contribution in [0.4, 0.5) is 11.4 Å². The molecule has 2 rings (SSSR count). The second kappa shape index (κ2) is 8.37. The van der Waals surface area contributed by atoms with Crippen LogP contribution in [0.5, 0.6) is 0 Å². The van der Waals surface area contributed by atoms with Crippen molar-refractivity contribution in [3.05, 3.63) is 57.6 Å². The van der Waals surface area contributed by atoms with Gasteiger partial charge in [-0.3, -0.25) is 4.99 Å². The number of hydrogen-bond donors (Lipinski definition) is 1. The highest BCUT2D eigenvalue weighted by Crippen LogP contribution is 2.34. The molecule has 1 N–H and O–H groups in total. The smallest absolute Gasteiger partial charge is 0.0885 e. The van der Waals surface area contributed by atoms with E-state index in [0.29, 0.717) is 0 Å². The molecule has 4 heteroatoms. The minimum absolute atomic E-state index is 0.284. The van der Waals surface area contributed by atoms with Crippen molar-refractivity contribution in [2.45, 2.75) is 33.1 Å². The van der Waals surface area contributed by atoms with Gasteiger partial charge in [-0.25, -0.2) is 0 Å². The van der Waals surface area contributed by atoms with E-state index in [9.17, 15) is 0 Å². The van der Waals surface area contributed by atoms with Gasteiger partial charge in [0.2, 0.25) is 0 Å². The Morgan fingerprint density at radius 1 is 1.13 bits per heavy atom. The van der Waals surface area contributed by atoms with Gasteiger partial charge in [0, 0.05) is 22.8 Å². The topological polar surface area (TPSA) is 24.4 Å². The average molecular weight is 349 g/mol. The first kappa shape index (κ1) is 17.8. The maximum absolute atomic E-state index is 6.28. The molecule has 0 aliphatic carbocycles. The third kappa shape index (κ3) is 4.49. The molecule has 2 aromatic rings. The molecule has 23 heavy (non-hydrogen) atoms. The van der Waals surface area contributed by atoms with Crippen LogP contribution in [0, 0.1) is 6.92 Å². The van der Waals surface area contributed by atoms with Gasteiger partial charge in [-0.2, -0.15) is 0 Å². The normalized spacial score (nSPS) is 12.6. The lowest BCUT2D eigenvalue weighted by atomic mass is 9.97. The largest absolute Gasteiger partial charge is 0.383 e. The molecule has 1 atom stereocenters. The van der Waals surface area contributed by atoms with Crippen LogP contribution >= 0.6 is 23.2 Å². The molecule has 0 heterocycles. The van der Waals surface area contributed by atoms with E-state index in [-0.39, 0.29) is 5.92 Å². The molecule has 0 aromatic heterocycles. The number of benzene rings is 2. The Bertz CT molecular complexity index is 676. The minimum atomic E-state index is 0.284. The van der Waals surface area contributed by atoms with E-state index in [0.717, 1.165) is 45.5 Å². The number of aryl methyl sites for hydroxylation is 1. The zero-order chi connectivity index (χ0) is 16.8. The Morgan fingerprint density at radius 2 is 1.78 bits per heavy atom. The van der Waals surface area contributed by atoms with Gasteiger partial charge in [0.1, 0.15) is 0 Å². The SMILES string of the molecule is CC=Nc1c(C)cccc1NCCC(C)c1c(Cl)cccc1Cl. The number of nitrogens with one attached hydrogen (secondary N) is 1. The van der Waals surface area contributed by atoms with Crippen molar-refractivity contribution in [2.24, 2.45) is 4.99 Å².